The van der Waals surface area contributed by atoms with Crippen LogP contribution in [0.5, 0.6) is 0 Å². The second-order valence-electron chi connectivity index (χ2n) is 4.51. The van der Waals surface area contributed by atoms with Crippen molar-refractivity contribution in [2.75, 3.05) is 19.6 Å². The Hall–Kier alpha value is -0.810. The van der Waals surface area contributed by atoms with Crippen molar-refractivity contribution >= 4 is 24.2 Å². The van der Waals surface area contributed by atoms with Crippen LogP contribution in [0.2, 0.25) is 0 Å². The van der Waals surface area contributed by atoms with Crippen LogP contribution in [-0.4, -0.2) is 42.4 Å². The van der Waals surface area contributed by atoms with Crippen LogP contribution in [-0.2, 0) is 9.59 Å². The number of carbonyl (C=O) groups is 2. The molecule has 0 saturated heterocycles. The van der Waals surface area contributed by atoms with Gasteiger partial charge in [0.15, 0.2) is 0 Å². The van der Waals surface area contributed by atoms with Crippen molar-refractivity contribution in [3.8, 4) is 0 Å². The molecule has 0 aliphatic carbocycles. The summed E-state index contributed by atoms with van der Waals surface area (Å²) >= 11 is 0. The van der Waals surface area contributed by atoms with E-state index in [1.54, 1.807) is 4.90 Å². The SMILES string of the molecule is CC(C)CN(C(=O)CNC(=O)CN)C(C)C.Cl. The highest BCUT2D eigenvalue weighted by atomic mass is 35.5. The van der Waals surface area contributed by atoms with E-state index in [1.165, 1.54) is 0 Å². The minimum absolute atomic E-state index is 0. The first kappa shape index (κ1) is 18.6. The Morgan fingerprint density at radius 3 is 2.12 bits per heavy atom. The number of hydrogen-bond donors (Lipinski definition) is 2. The summed E-state index contributed by atoms with van der Waals surface area (Å²) in [5.74, 6) is 0.0451. The van der Waals surface area contributed by atoms with Gasteiger partial charge >= 0.3 is 0 Å². The second kappa shape index (κ2) is 9.24. The molecule has 0 fully saturated rings. The molecular weight excluding hydrogens is 242 g/mol. The molecule has 0 heterocycles. The summed E-state index contributed by atoms with van der Waals surface area (Å²) < 4.78 is 0. The van der Waals surface area contributed by atoms with Gasteiger partial charge in [0.25, 0.3) is 0 Å². The molecule has 0 saturated carbocycles. The van der Waals surface area contributed by atoms with Crippen LogP contribution in [0, 0.1) is 5.92 Å². The quantitative estimate of drug-likeness (QED) is 0.729. The predicted octanol–water partition coefficient (Wildman–Crippen LogP) is 0.376. The van der Waals surface area contributed by atoms with Gasteiger partial charge in [-0.3, -0.25) is 9.59 Å². The third kappa shape index (κ3) is 7.99. The minimum atomic E-state index is -0.304. The summed E-state index contributed by atoms with van der Waals surface area (Å²) in [6.45, 7) is 8.69. The van der Waals surface area contributed by atoms with Crippen molar-refractivity contribution < 1.29 is 9.59 Å². The van der Waals surface area contributed by atoms with E-state index >= 15 is 0 Å². The van der Waals surface area contributed by atoms with Crippen molar-refractivity contribution in [3.63, 3.8) is 0 Å². The predicted molar refractivity (Wildman–Crippen MR) is 71.0 cm³/mol. The van der Waals surface area contributed by atoms with Gasteiger partial charge in [-0.1, -0.05) is 13.8 Å². The van der Waals surface area contributed by atoms with E-state index in [-0.39, 0.29) is 43.4 Å². The number of nitrogens with zero attached hydrogens (tertiary/aromatic N) is 1. The summed E-state index contributed by atoms with van der Waals surface area (Å²) in [7, 11) is 0. The topological polar surface area (TPSA) is 75.4 Å². The van der Waals surface area contributed by atoms with Gasteiger partial charge in [-0.25, -0.2) is 0 Å². The summed E-state index contributed by atoms with van der Waals surface area (Å²) in [4.78, 5) is 24.5. The van der Waals surface area contributed by atoms with Crippen molar-refractivity contribution in [3.05, 3.63) is 0 Å². The summed E-state index contributed by atoms with van der Waals surface area (Å²) in [5.41, 5.74) is 5.14. The number of amides is 2. The number of nitrogens with two attached hydrogens (primary N) is 1. The highest BCUT2D eigenvalue weighted by Gasteiger charge is 2.17. The molecule has 0 unspecified atom stereocenters. The van der Waals surface area contributed by atoms with Crippen LogP contribution in [0.4, 0.5) is 0 Å². The molecule has 2 amide bonds. The van der Waals surface area contributed by atoms with Crippen molar-refractivity contribution in [2.45, 2.75) is 33.7 Å². The number of hydrogen-bond acceptors (Lipinski definition) is 3. The maximum absolute atomic E-state index is 11.8. The highest BCUT2D eigenvalue weighted by molar-refractivity contribution is 5.85. The smallest absolute Gasteiger partial charge is 0.242 e. The van der Waals surface area contributed by atoms with Crippen molar-refractivity contribution in [1.29, 1.82) is 0 Å². The fraction of sp³-hybridized carbons (Fsp3) is 0.818. The van der Waals surface area contributed by atoms with E-state index in [9.17, 15) is 9.59 Å². The molecule has 0 aromatic carbocycles. The standard InChI is InChI=1S/C11H23N3O2.ClH/c1-8(2)7-14(9(3)4)11(16)6-13-10(15)5-12;/h8-9H,5-7,12H2,1-4H3,(H,13,15);1H. The van der Waals surface area contributed by atoms with E-state index in [0.717, 1.165) is 0 Å². The van der Waals surface area contributed by atoms with E-state index in [1.807, 2.05) is 13.8 Å². The molecular formula is C11H24ClN3O2. The Balaban J connectivity index is 0. The normalized spacial score (nSPS) is 10.1. The molecule has 0 rings (SSSR count). The van der Waals surface area contributed by atoms with Crippen LogP contribution in [0.3, 0.4) is 0 Å². The van der Waals surface area contributed by atoms with E-state index in [4.69, 9.17) is 5.73 Å². The molecule has 6 heteroatoms. The number of rotatable bonds is 6. The average Bonchev–Trinajstić information content (AvgIpc) is 2.21. The van der Waals surface area contributed by atoms with Gasteiger partial charge in [-0.2, -0.15) is 0 Å². The first-order valence-electron chi connectivity index (χ1n) is 5.64. The average molecular weight is 266 g/mol. The fourth-order valence-electron chi connectivity index (χ4n) is 1.34. The van der Waals surface area contributed by atoms with Crippen LogP contribution >= 0.6 is 12.4 Å². The molecule has 3 N–H and O–H groups in total. The van der Waals surface area contributed by atoms with Gasteiger partial charge in [-0.15, -0.1) is 12.4 Å². The summed E-state index contributed by atoms with van der Waals surface area (Å²) in [5, 5.41) is 2.49. The zero-order chi connectivity index (χ0) is 12.7. The molecule has 0 atom stereocenters. The fourth-order valence-corrected chi connectivity index (χ4v) is 1.34. The molecule has 5 nitrogen and oxygen atoms in total. The molecule has 0 aliphatic heterocycles. The van der Waals surface area contributed by atoms with Gasteiger partial charge in [0, 0.05) is 12.6 Å². The largest absolute Gasteiger partial charge is 0.346 e. The number of carbonyl (C=O) groups excluding carboxylic acids is 2. The Labute approximate surface area is 110 Å². The maximum Gasteiger partial charge on any atom is 0.242 e. The first-order chi connectivity index (χ1) is 7.38. The Morgan fingerprint density at radius 1 is 1.24 bits per heavy atom. The van der Waals surface area contributed by atoms with Gasteiger partial charge < -0.3 is 16.0 Å². The van der Waals surface area contributed by atoms with Crippen LogP contribution in [0.25, 0.3) is 0 Å². The Kier molecular flexibility index (Phi) is 10.1. The van der Waals surface area contributed by atoms with Crippen LogP contribution in [0.15, 0.2) is 0 Å². The molecule has 17 heavy (non-hydrogen) atoms. The second-order valence-corrected chi connectivity index (χ2v) is 4.51. The molecule has 0 aromatic heterocycles. The van der Waals surface area contributed by atoms with E-state index in [2.05, 4.69) is 19.2 Å². The lowest BCUT2D eigenvalue weighted by Crippen LogP contribution is -2.46. The number of halogens is 1. The van der Waals surface area contributed by atoms with Gasteiger partial charge in [0.1, 0.15) is 0 Å². The third-order valence-corrected chi connectivity index (χ3v) is 2.13. The molecule has 102 valence electrons. The molecule has 0 spiro atoms. The monoisotopic (exact) mass is 265 g/mol. The zero-order valence-electron chi connectivity index (χ0n) is 11.0. The first-order valence-corrected chi connectivity index (χ1v) is 5.64. The Morgan fingerprint density at radius 2 is 1.76 bits per heavy atom. The van der Waals surface area contributed by atoms with E-state index < -0.39 is 0 Å². The van der Waals surface area contributed by atoms with Crippen LogP contribution in [0.1, 0.15) is 27.7 Å². The van der Waals surface area contributed by atoms with Crippen molar-refractivity contribution in [1.82, 2.24) is 10.2 Å². The summed E-state index contributed by atoms with van der Waals surface area (Å²) in [6.07, 6.45) is 0. The molecule has 0 bridgehead atoms. The molecule has 0 radical (unpaired) electrons. The summed E-state index contributed by atoms with van der Waals surface area (Å²) in [6, 6.07) is 0.143. The van der Waals surface area contributed by atoms with Gasteiger partial charge in [0.05, 0.1) is 13.1 Å². The van der Waals surface area contributed by atoms with Crippen molar-refractivity contribution in [2.24, 2.45) is 11.7 Å². The Bertz CT molecular complexity index is 245. The lowest BCUT2D eigenvalue weighted by atomic mass is 10.2. The van der Waals surface area contributed by atoms with E-state index in [0.29, 0.717) is 12.5 Å². The van der Waals surface area contributed by atoms with Gasteiger partial charge in [0.2, 0.25) is 11.8 Å². The number of nitrogens with one attached hydrogen (secondary N) is 1. The zero-order valence-corrected chi connectivity index (χ0v) is 11.8. The lowest BCUT2D eigenvalue weighted by molar-refractivity contribution is -0.134. The lowest BCUT2D eigenvalue weighted by Gasteiger charge is -2.28. The maximum atomic E-state index is 11.8. The highest BCUT2D eigenvalue weighted by Crippen LogP contribution is 2.04. The molecule has 0 aromatic rings. The molecule has 0 aliphatic rings. The van der Waals surface area contributed by atoms with Gasteiger partial charge in [-0.05, 0) is 19.8 Å². The van der Waals surface area contributed by atoms with Crippen LogP contribution < -0.4 is 11.1 Å². The third-order valence-electron chi connectivity index (χ3n) is 2.13. The minimum Gasteiger partial charge on any atom is -0.346 e.